The monoisotopic (exact) mass is 208 g/mol. The number of benzene rings is 2. The van der Waals surface area contributed by atoms with E-state index in [1.54, 1.807) is 0 Å². The lowest BCUT2D eigenvalue weighted by Gasteiger charge is -2.08. The maximum Gasteiger partial charge on any atom is -0.0175 e. The van der Waals surface area contributed by atoms with Gasteiger partial charge in [-0.1, -0.05) is 37.4 Å². The normalized spacial score (nSPS) is 10.4. The van der Waals surface area contributed by atoms with Gasteiger partial charge in [0.1, 0.15) is 0 Å². The summed E-state index contributed by atoms with van der Waals surface area (Å²) < 4.78 is 0. The molecular weight excluding hydrogens is 192 g/mol. The van der Waals surface area contributed by atoms with Crippen molar-refractivity contribution in [2.24, 2.45) is 0 Å². The third-order valence-corrected chi connectivity index (χ3v) is 3.09. The molecule has 0 amide bonds. The van der Waals surface area contributed by atoms with Crippen LogP contribution in [0.3, 0.4) is 0 Å². The summed E-state index contributed by atoms with van der Waals surface area (Å²) in [6.07, 6.45) is 3.76. The molecule has 0 aromatic heterocycles. The largest absolute Gasteiger partial charge is 0.0984 e. The van der Waals surface area contributed by atoms with E-state index in [-0.39, 0.29) is 0 Å². The van der Waals surface area contributed by atoms with E-state index in [9.17, 15) is 0 Å². The first-order valence-corrected chi connectivity index (χ1v) is 5.45. The zero-order chi connectivity index (χ0) is 11.7. The van der Waals surface area contributed by atoms with Crippen LogP contribution >= 0.6 is 0 Å². The first-order valence-electron chi connectivity index (χ1n) is 5.45. The van der Waals surface area contributed by atoms with Crippen LogP contribution in [-0.4, -0.2) is 0 Å². The van der Waals surface area contributed by atoms with Crippen LogP contribution in [0.4, 0.5) is 0 Å². The van der Waals surface area contributed by atoms with Crippen LogP contribution in [0, 0.1) is 13.8 Å². The molecule has 0 aliphatic heterocycles. The summed E-state index contributed by atoms with van der Waals surface area (Å²) in [6.45, 7) is 12.0. The van der Waals surface area contributed by atoms with Gasteiger partial charge in [-0.25, -0.2) is 0 Å². The highest BCUT2D eigenvalue weighted by atomic mass is 14.1. The fraction of sp³-hybridized carbons (Fsp3) is 0.125. The summed E-state index contributed by atoms with van der Waals surface area (Å²) >= 11 is 0. The first kappa shape index (κ1) is 10.7. The van der Waals surface area contributed by atoms with Crippen molar-refractivity contribution in [1.29, 1.82) is 0 Å². The minimum atomic E-state index is 1.14. The van der Waals surface area contributed by atoms with Crippen LogP contribution < -0.4 is 0 Å². The summed E-state index contributed by atoms with van der Waals surface area (Å²) in [7, 11) is 0. The fourth-order valence-corrected chi connectivity index (χ4v) is 1.97. The maximum absolute atomic E-state index is 3.84. The van der Waals surface area contributed by atoms with Crippen LogP contribution in [0.2, 0.25) is 0 Å². The Labute approximate surface area is 96.9 Å². The van der Waals surface area contributed by atoms with E-state index in [0.29, 0.717) is 0 Å². The zero-order valence-corrected chi connectivity index (χ0v) is 9.88. The van der Waals surface area contributed by atoms with Gasteiger partial charge in [-0.2, -0.15) is 0 Å². The number of hydrogen-bond donors (Lipinski definition) is 0. The quantitative estimate of drug-likeness (QED) is 0.668. The molecule has 0 aliphatic carbocycles. The Morgan fingerprint density at radius 3 is 1.44 bits per heavy atom. The van der Waals surface area contributed by atoms with Gasteiger partial charge in [0.15, 0.2) is 0 Å². The van der Waals surface area contributed by atoms with Crippen LogP contribution in [0.5, 0.6) is 0 Å². The van der Waals surface area contributed by atoms with Crippen molar-refractivity contribution in [3.8, 4) is 0 Å². The molecule has 0 unspecified atom stereocenters. The summed E-state index contributed by atoms with van der Waals surface area (Å²) in [6, 6.07) is 8.80. The van der Waals surface area contributed by atoms with E-state index in [2.05, 4.69) is 51.3 Å². The molecule has 0 spiro atoms. The lowest BCUT2D eigenvalue weighted by molar-refractivity contribution is 1.36. The number of rotatable bonds is 2. The molecule has 0 bridgehead atoms. The minimum Gasteiger partial charge on any atom is -0.0984 e. The van der Waals surface area contributed by atoms with E-state index in [1.807, 2.05) is 12.2 Å². The van der Waals surface area contributed by atoms with Crippen molar-refractivity contribution in [2.75, 3.05) is 0 Å². The van der Waals surface area contributed by atoms with Crippen molar-refractivity contribution >= 4 is 22.9 Å². The van der Waals surface area contributed by atoms with E-state index in [1.165, 1.54) is 21.9 Å². The third-order valence-electron chi connectivity index (χ3n) is 3.09. The van der Waals surface area contributed by atoms with Gasteiger partial charge in [-0.15, -0.1) is 0 Å². The second-order valence-corrected chi connectivity index (χ2v) is 4.17. The molecule has 2 aromatic rings. The molecule has 80 valence electrons. The highest BCUT2D eigenvalue weighted by Crippen LogP contribution is 2.24. The molecule has 16 heavy (non-hydrogen) atoms. The second-order valence-electron chi connectivity index (χ2n) is 4.17. The average molecular weight is 208 g/mol. The summed E-state index contributed by atoms with van der Waals surface area (Å²) in [5.41, 5.74) is 4.94. The summed E-state index contributed by atoms with van der Waals surface area (Å²) in [5, 5.41) is 2.53. The molecule has 0 heterocycles. The van der Waals surface area contributed by atoms with Crippen LogP contribution in [0.15, 0.2) is 37.4 Å². The van der Waals surface area contributed by atoms with Crippen LogP contribution in [0.25, 0.3) is 22.9 Å². The third kappa shape index (κ3) is 1.67. The highest BCUT2D eigenvalue weighted by molar-refractivity contribution is 5.89. The molecule has 0 saturated carbocycles. The molecule has 0 aliphatic rings. The maximum atomic E-state index is 3.84. The lowest BCUT2D eigenvalue weighted by Crippen LogP contribution is -1.86. The van der Waals surface area contributed by atoms with Gasteiger partial charge in [0.25, 0.3) is 0 Å². The van der Waals surface area contributed by atoms with Crippen molar-refractivity contribution in [2.45, 2.75) is 13.8 Å². The molecule has 2 rings (SSSR count). The van der Waals surface area contributed by atoms with Gasteiger partial charge in [-0.05, 0) is 59.0 Å². The van der Waals surface area contributed by atoms with Crippen molar-refractivity contribution in [1.82, 2.24) is 0 Å². The predicted octanol–water partition coefficient (Wildman–Crippen LogP) is 4.74. The van der Waals surface area contributed by atoms with Crippen molar-refractivity contribution < 1.29 is 0 Å². The molecule has 2 aromatic carbocycles. The Bertz CT molecular complexity index is 522. The SMILES string of the molecule is C=Cc1cc2cc(C)c(C)cc2cc1C=C. The van der Waals surface area contributed by atoms with Crippen LogP contribution in [-0.2, 0) is 0 Å². The van der Waals surface area contributed by atoms with Gasteiger partial charge in [0.2, 0.25) is 0 Å². The zero-order valence-electron chi connectivity index (χ0n) is 9.88. The van der Waals surface area contributed by atoms with Gasteiger partial charge in [0.05, 0.1) is 0 Å². The Hall–Kier alpha value is -1.82. The molecule has 0 nitrogen and oxygen atoms in total. The Morgan fingerprint density at radius 2 is 1.12 bits per heavy atom. The van der Waals surface area contributed by atoms with E-state index >= 15 is 0 Å². The van der Waals surface area contributed by atoms with Crippen molar-refractivity contribution in [3.63, 3.8) is 0 Å². The topological polar surface area (TPSA) is 0 Å². The average Bonchev–Trinajstić information content (AvgIpc) is 2.29. The van der Waals surface area contributed by atoms with Gasteiger partial charge < -0.3 is 0 Å². The lowest BCUT2D eigenvalue weighted by atomic mass is 9.97. The minimum absolute atomic E-state index is 1.14. The molecule has 0 N–H and O–H groups in total. The molecule has 0 atom stereocenters. The number of fused-ring (bicyclic) bond motifs is 1. The van der Waals surface area contributed by atoms with Gasteiger partial charge in [-0.3, -0.25) is 0 Å². The molecule has 0 fully saturated rings. The second kappa shape index (κ2) is 3.97. The molecule has 0 radical (unpaired) electrons. The first-order chi connectivity index (χ1) is 7.65. The standard InChI is InChI=1S/C16H16/c1-5-13-9-15-7-11(3)12(4)8-16(15)10-14(13)6-2/h5-10H,1-2H2,3-4H3. The smallest absolute Gasteiger partial charge is 0.0175 e. The Morgan fingerprint density at radius 1 is 0.750 bits per heavy atom. The van der Waals surface area contributed by atoms with Gasteiger partial charge in [0, 0.05) is 0 Å². The number of hydrogen-bond acceptors (Lipinski definition) is 0. The van der Waals surface area contributed by atoms with Crippen LogP contribution in [0.1, 0.15) is 22.3 Å². The fourth-order valence-electron chi connectivity index (χ4n) is 1.97. The Balaban J connectivity index is 2.83. The van der Waals surface area contributed by atoms with Crippen molar-refractivity contribution in [3.05, 3.63) is 59.7 Å². The summed E-state index contributed by atoms with van der Waals surface area (Å²) in [5.74, 6) is 0. The number of aryl methyl sites for hydroxylation is 2. The summed E-state index contributed by atoms with van der Waals surface area (Å²) in [4.78, 5) is 0. The molecule has 0 saturated heterocycles. The van der Waals surface area contributed by atoms with E-state index in [4.69, 9.17) is 0 Å². The van der Waals surface area contributed by atoms with E-state index < -0.39 is 0 Å². The molecule has 0 heteroatoms. The Kier molecular flexibility index (Phi) is 2.66. The highest BCUT2D eigenvalue weighted by Gasteiger charge is 2.02. The molecular formula is C16H16. The van der Waals surface area contributed by atoms with E-state index in [0.717, 1.165) is 11.1 Å². The van der Waals surface area contributed by atoms with Gasteiger partial charge >= 0.3 is 0 Å². The predicted molar refractivity (Wildman–Crippen MR) is 73.6 cm³/mol.